The second-order valence-electron chi connectivity index (χ2n) is 5.31. The number of aryl methyl sites for hydroxylation is 1. The Morgan fingerprint density at radius 1 is 0.875 bits per heavy atom. The first-order valence-corrected chi connectivity index (χ1v) is 7.67. The van der Waals surface area contributed by atoms with E-state index in [4.69, 9.17) is 11.6 Å². The number of hydrogen-bond donors (Lipinski definition) is 0. The lowest BCUT2D eigenvalue weighted by Gasteiger charge is -2.03. The summed E-state index contributed by atoms with van der Waals surface area (Å²) in [6.07, 6.45) is 0. The van der Waals surface area contributed by atoms with Crippen molar-refractivity contribution in [2.75, 3.05) is 0 Å². The zero-order valence-electron chi connectivity index (χ0n) is 12.7. The number of aromatic nitrogens is 5. The minimum atomic E-state index is -0.287. The lowest BCUT2D eigenvalue weighted by molar-refractivity contribution is 0.719. The number of halogens is 1. The topological polar surface area (TPSA) is 65.6 Å². The fraction of sp³-hybridized carbons (Fsp3) is 0.0588. The van der Waals surface area contributed by atoms with E-state index >= 15 is 0 Å². The zero-order chi connectivity index (χ0) is 16.7. The molecule has 2 aromatic heterocycles. The van der Waals surface area contributed by atoms with Crippen LogP contribution in [0.3, 0.4) is 0 Å². The summed E-state index contributed by atoms with van der Waals surface area (Å²) < 4.78 is 1.28. The van der Waals surface area contributed by atoms with E-state index in [2.05, 4.69) is 15.3 Å². The second-order valence-corrected chi connectivity index (χ2v) is 5.74. The first-order valence-electron chi connectivity index (χ1n) is 7.29. The average Bonchev–Trinajstić information content (AvgIpc) is 3.05. The molecule has 7 heteroatoms. The van der Waals surface area contributed by atoms with Crippen molar-refractivity contribution in [2.24, 2.45) is 7.05 Å². The molecule has 0 aliphatic rings. The largest absolute Gasteiger partial charge is 0.296 e. The molecule has 0 bridgehead atoms. The van der Waals surface area contributed by atoms with Gasteiger partial charge in [-0.05, 0) is 24.3 Å². The molecule has 0 N–H and O–H groups in total. The van der Waals surface area contributed by atoms with Gasteiger partial charge in [0.1, 0.15) is 11.2 Å². The van der Waals surface area contributed by atoms with Crippen molar-refractivity contribution < 1.29 is 0 Å². The van der Waals surface area contributed by atoms with E-state index in [1.807, 2.05) is 30.3 Å². The highest BCUT2D eigenvalue weighted by molar-refractivity contribution is 6.30. The van der Waals surface area contributed by atoms with Gasteiger partial charge in [0, 0.05) is 17.6 Å². The molecule has 24 heavy (non-hydrogen) atoms. The molecule has 0 spiro atoms. The molecule has 0 amide bonds. The van der Waals surface area contributed by atoms with Crippen molar-refractivity contribution in [1.29, 1.82) is 0 Å². The van der Waals surface area contributed by atoms with E-state index in [1.165, 1.54) is 9.48 Å². The number of fused-ring (bicyclic) bond motifs is 1. The smallest absolute Gasteiger partial charge is 0.265 e. The van der Waals surface area contributed by atoms with Crippen LogP contribution in [0.1, 0.15) is 0 Å². The fourth-order valence-electron chi connectivity index (χ4n) is 2.49. The van der Waals surface area contributed by atoms with E-state index in [-0.39, 0.29) is 11.1 Å². The maximum Gasteiger partial charge on any atom is 0.296 e. The molecule has 0 radical (unpaired) electrons. The van der Waals surface area contributed by atoms with Crippen LogP contribution in [0.25, 0.3) is 28.0 Å². The maximum atomic E-state index is 12.4. The Morgan fingerprint density at radius 2 is 1.54 bits per heavy atom. The second kappa shape index (κ2) is 5.58. The molecule has 4 rings (SSSR count). The van der Waals surface area contributed by atoms with E-state index in [0.717, 1.165) is 11.3 Å². The summed E-state index contributed by atoms with van der Waals surface area (Å²) in [7, 11) is 1.61. The Labute approximate surface area is 141 Å². The Bertz CT molecular complexity index is 1080. The molecule has 0 aliphatic heterocycles. The SMILES string of the molecule is Cn1nc(-c2ccccc2)c2nn(-c3ccc(Cl)cc3)nc2c1=O. The molecule has 4 aromatic rings. The van der Waals surface area contributed by atoms with Crippen molar-refractivity contribution in [2.45, 2.75) is 0 Å². The van der Waals surface area contributed by atoms with Gasteiger partial charge in [-0.15, -0.1) is 10.2 Å². The van der Waals surface area contributed by atoms with E-state index in [1.54, 1.807) is 31.3 Å². The van der Waals surface area contributed by atoms with Crippen LogP contribution in [-0.4, -0.2) is 24.8 Å². The summed E-state index contributed by atoms with van der Waals surface area (Å²) in [6.45, 7) is 0. The number of hydrogen-bond acceptors (Lipinski definition) is 4. The minimum Gasteiger partial charge on any atom is -0.265 e. The minimum absolute atomic E-state index is 0.279. The van der Waals surface area contributed by atoms with Crippen molar-refractivity contribution in [3.05, 3.63) is 70.0 Å². The van der Waals surface area contributed by atoms with Gasteiger partial charge < -0.3 is 0 Å². The summed E-state index contributed by atoms with van der Waals surface area (Å²) in [5.74, 6) is 0. The predicted octanol–water partition coefficient (Wildman–Crippen LogP) is 2.83. The third-order valence-electron chi connectivity index (χ3n) is 3.69. The van der Waals surface area contributed by atoms with Crippen LogP contribution in [0.5, 0.6) is 0 Å². The number of nitrogens with zero attached hydrogens (tertiary/aromatic N) is 5. The summed E-state index contributed by atoms with van der Waals surface area (Å²) in [4.78, 5) is 13.8. The molecule has 0 saturated carbocycles. The third-order valence-corrected chi connectivity index (χ3v) is 3.94. The van der Waals surface area contributed by atoms with Gasteiger partial charge in [0.15, 0.2) is 5.52 Å². The Hall–Kier alpha value is -2.99. The molecule has 0 atom stereocenters. The molecular formula is C17H12ClN5O. The molecule has 0 fully saturated rings. The molecule has 0 aliphatic carbocycles. The predicted molar refractivity (Wildman–Crippen MR) is 92.3 cm³/mol. The van der Waals surface area contributed by atoms with Gasteiger partial charge in [-0.25, -0.2) is 4.68 Å². The van der Waals surface area contributed by atoms with Crippen LogP contribution < -0.4 is 5.56 Å². The van der Waals surface area contributed by atoms with Gasteiger partial charge in [0.05, 0.1) is 5.69 Å². The number of rotatable bonds is 2. The third kappa shape index (κ3) is 2.37. The zero-order valence-corrected chi connectivity index (χ0v) is 13.5. The van der Waals surface area contributed by atoms with Crippen molar-refractivity contribution >= 4 is 22.6 Å². The van der Waals surface area contributed by atoms with Crippen molar-refractivity contribution in [3.8, 4) is 16.9 Å². The van der Waals surface area contributed by atoms with Gasteiger partial charge in [-0.2, -0.15) is 9.90 Å². The first kappa shape index (κ1) is 14.6. The Balaban J connectivity index is 2.00. The quantitative estimate of drug-likeness (QED) is 0.564. The van der Waals surface area contributed by atoms with E-state index < -0.39 is 0 Å². The Morgan fingerprint density at radius 3 is 2.25 bits per heavy atom. The van der Waals surface area contributed by atoms with Gasteiger partial charge in [-0.1, -0.05) is 41.9 Å². The van der Waals surface area contributed by atoms with Gasteiger partial charge in [0.25, 0.3) is 5.56 Å². The van der Waals surface area contributed by atoms with Crippen molar-refractivity contribution in [1.82, 2.24) is 24.8 Å². The van der Waals surface area contributed by atoms with Gasteiger partial charge in [0.2, 0.25) is 0 Å². The summed E-state index contributed by atoms with van der Waals surface area (Å²) in [5, 5.41) is 13.8. The van der Waals surface area contributed by atoms with Gasteiger partial charge in [-0.3, -0.25) is 4.79 Å². The molecule has 118 valence electrons. The molecule has 2 heterocycles. The maximum absolute atomic E-state index is 12.4. The monoisotopic (exact) mass is 337 g/mol. The highest BCUT2D eigenvalue weighted by Gasteiger charge is 2.17. The molecular weight excluding hydrogens is 326 g/mol. The lowest BCUT2D eigenvalue weighted by atomic mass is 10.1. The highest BCUT2D eigenvalue weighted by atomic mass is 35.5. The number of benzene rings is 2. The molecule has 0 saturated heterocycles. The lowest BCUT2D eigenvalue weighted by Crippen LogP contribution is -2.20. The van der Waals surface area contributed by atoms with E-state index in [0.29, 0.717) is 16.2 Å². The van der Waals surface area contributed by atoms with Crippen LogP contribution in [0.15, 0.2) is 59.4 Å². The molecule has 0 unspecified atom stereocenters. The standard InChI is InChI=1S/C17H12ClN5O/c1-22-17(24)16-15(14(19-22)11-5-3-2-4-6-11)20-23(21-16)13-9-7-12(18)8-10-13/h2-10H,1H3. The van der Waals surface area contributed by atoms with Crippen LogP contribution in [0, 0.1) is 0 Å². The molecule has 2 aromatic carbocycles. The van der Waals surface area contributed by atoms with Gasteiger partial charge >= 0.3 is 0 Å². The van der Waals surface area contributed by atoms with Crippen LogP contribution in [0.2, 0.25) is 5.02 Å². The molecule has 6 nitrogen and oxygen atoms in total. The summed E-state index contributed by atoms with van der Waals surface area (Å²) in [6, 6.07) is 16.7. The van der Waals surface area contributed by atoms with Crippen molar-refractivity contribution in [3.63, 3.8) is 0 Å². The van der Waals surface area contributed by atoms with E-state index in [9.17, 15) is 4.79 Å². The normalized spacial score (nSPS) is 11.1. The Kier molecular flexibility index (Phi) is 3.39. The first-order chi connectivity index (χ1) is 11.6. The fourth-order valence-corrected chi connectivity index (χ4v) is 2.61. The average molecular weight is 338 g/mol. The van der Waals surface area contributed by atoms with Crippen LogP contribution in [0.4, 0.5) is 0 Å². The van der Waals surface area contributed by atoms with Crippen LogP contribution in [-0.2, 0) is 7.05 Å². The summed E-state index contributed by atoms with van der Waals surface area (Å²) >= 11 is 5.92. The van der Waals surface area contributed by atoms with Crippen LogP contribution >= 0.6 is 11.6 Å². The highest BCUT2D eigenvalue weighted by Crippen LogP contribution is 2.23. The summed E-state index contributed by atoms with van der Waals surface area (Å²) in [5.41, 5.74) is 2.68.